The Morgan fingerprint density at radius 2 is 1.86 bits per heavy atom. The molecule has 0 radical (unpaired) electrons. The van der Waals surface area contributed by atoms with E-state index in [0.29, 0.717) is 12.2 Å². The summed E-state index contributed by atoms with van der Waals surface area (Å²) < 4.78 is 5.06. The Kier molecular flexibility index (Phi) is 4.02. The third kappa shape index (κ3) is 3.14. The number of benzene rings is 2. The number of fused-ring (bicyclic) bond motifs is 1. The van der Waals surface area contributed by atoms with Gasteiger partial charge in [-0.15, -0.1) is 0 Å². The van der Waals surface area contributed by atoms with E-state index < -0.39 is 0 Å². The number of ether oxygens (including phenoxy) is 1. The van der Waals surface area contributed by atoms with Crippen LogP contribution in [0, 0.1) is 0 Å². The van der Waals surface area contributed by atoms with Crippen LogP contribution in [0.5, 0.6) is 0 Å². The Morgan fingerprint density at radius 3 is 2.62 bits per heavy atom. The Hall–Kier alpha value is -2.13. The van der Waals surface area contributed by atoms with Crippen molar-refractivity contribution in [1.29, 1.82) is 0 Å². The van der Waals surface area contributed by atoms with E-state index in [1.807, 2.05) is 31.2 Å². The minimum Gasteiger partial charge on any atom is -0.462 e. The first-order chi connectivity index (χ1) is 10.3. The third-order valence-electron chi connectivity index (χ3n) is 3.75. The second-order valence-electron chi connectivity index (χ2n) is 5.33. The summed E-state index contributed by atoms with van der Waals surface area (Å²) >= 11 is 0. The lowest BCUT2D eigenvalue weighted by Gasteiger charge is -2.14. The number of carbonyl (C=O) groups is 1. The first-order valence-electron chi connectivity index (χ1n) is 7.31. The Labute approximate surface area is 125 Å². The number of nitrogens with zero attached hydrogens (tertiary/aromatic N) is 1. The Morgan fingerprint density at radius 1 is 1.10 bits per heavy atom. The first-order valence-corrected chi connectivity index (χ1v) is 7.31. The fourth-order valence-electron chi connectivity index (χ4n) is 2.76. The summed E-state index contributed by atoms with van der Waals surface area (Å²) in [5, 5.41) is 0. The van der Waals surface area contributed by atoms with E-state index >= 15 is 0 Å². The Bertz CT molecular complexity index is 637. The van der Waals surface area contributed by atoms with Crippen LogP contribution in [-0.4, -0.2) is 17.5 Å². The zero-order valence-electron chi connectivity index (χ0n) is 12.2. The molecule has 3 nitrogen and oxygen atoms in total. The molecule has 2 aromatic rings. The second-order valence-corrected chi connectivity index (χ2v) is 5.33. The van der Waals surface area contributed by atoms with Gasteiger partial charge in [-0.25, -0.2) is 4.79 Å². The van der Waals surface area contributed by atoms with Crippen molar-refractivity contribution in [1.82, 2.24) is 4.90 Å². The zero-order chi connectivity index (χ0) is 14.7. The van der Waals surface area contributed by atoms with Crippen LogP contribution in [0.2, 0.25) is 0 Å². The molecule has 0 aromatic heterocycles. The normalized spacial score (nSPS) is 14.0. The van der Waals surface area contributed by atoms with E-state index in [0.717, 1.165) is 19.6 Å². The van der Waals surface area contributed by atoms with E-state index in [-0.39, 0.29) is 5.97 Å². The molecule has 21 heavy (non-hydrogen) atoms. The lowest BCUT2D eigenvalue weighted by Crippen LogP contribution is -2.15. The van der Waals surface area contributed by atoms with Gasteiger partial charge in [-0.05, 0) is 35.7 Å². The Balaban J connectivity index is 1.71. The van der Waals surface area contributed by atoms with Gasteiger partial charge in [-0.3, -0.25) is 4.90 Å². The topological polar surface area (TPSA) is 29.5 Å². The van der Waals surface area contributed by atoms with Gasteiger partial charge in [0.2, 0.25) is 0 Å². The van der Waals surface area contributed by atoms with Crippen molar-refractivity contribution in [2.75, 3.05) is 6.61 Å². The highest BCUT2D eigenvalue weighted by Gasteiger charge is 2.20. The van der Waals surface area contributed by atoms with Gasteiger partial charge in [-0.2, -0.15) is 0 Å². The standard InChI is InChI=1S/C18H19NO2/c1-2-21-18(20)15-8-9-16-12-19(13-17(16)10-15)11-14-6-4-3-5-7-14/h3-10H,2,11-13H2,1H3. The number of hydrogen-bond acceptors (Lipinski definition) is 3. The van der Waals surface area contributed by atoms with Gasteiger partial charge >= 0.3 is 5.97 Å². The number of carbonyl (C=O) groups excluding carboxylic acids is 1. The van der Waals surface area contributed by atoms with Crippen LogP contribution >= 0.6 is 0 Å². The smallest absolute Gasteiger partial charge is 0.338 e. The molecule has 0 aliphatic carbocycles. The minimum atomic E-state index is -0.234. The van der Waals surface area contributed by atoms with Crippen LogP contribution in [0.25, 0.3) is 0 Å². The number of hydrogen-bond donors (Lipinski definition) is 0. The molecule has 0 fully saturated rings. The average molecular weight is 281 g/mol. The van der Waals surface area contributed by atoms with Gasteiger partial charge in [0.1, 0.15) is 0 Å². The average Bonchev–Trinajstić information content (AvgIpc) is 2.89. The van der Waals surface area contributed by atoms with Crippen molar-refractivity contribution in [3.63, 3.8) is 0 Å². The zero-order valence-corrected chi connectivity index (χ0v) is 12.2. The van der Waals surface area contributed by atoms with E-state index in [4.69, 9.17) is 4.74 Å². The predicted octanol–water partition coefficient (Wildman–Crippen LogP) is 3.38. The van der Waals surface area contributed by atoms with Crippen molar-refractivity contribution < 1.29 is 9.53 Å². The summed E-state index contributed by atoms with van der Waals surface area (Å²) in [6, 6.07) is 16.3. The highest BCUT2D eigenvalue weighted by Crippen LogP contribution is 2.25. The van der Waals surface area contributed by atoms with Crippen LogP contribution < -0.4 is 0 Å². The van der Waals surface area contributed by atoms with Crippen LogP contribution in [0.15, 0.2) is 48.5 Å². The minimum absolute atomic E-state index is 0.234. The molecule has 0 N–H and O–H groups in total. The molecule has 0 saturated carbocycles. The molecule has 108 valence electrons. The van der Waals surface area contributed by atoms with E-state index in [9.17, 15) is 4.79 Å². The number of rotatable bonds is 4. The molecule has 3 rings (SSSR count). The first kappa shape index (κ1) is 13.8. The molecule has 1 aliphatic heterocycles. The molecule has 0 unspecified atom stereocenters. The van der Waals surface area contributed by atoms with Crippen LogP contribution in [0.1, 0.15) is 34.0 Å². The molecule has 0 bridgehead atoms. The van der Waals surface area contributed by atoms with Crippen molar-refractivity contribution in [2.24, 2.45) is 0 Å². The lowest BCUT2D eigenvalue weighted by atomic mass is 10.1. The molecule has 0 saturated heterocycles. The molecule has 1 heterocycles. The van der Waals surface area contributed by atoms with Gasteiger partial charge in [0.15, 0.2) is 0 Å². The van der Waals surface area contributed by atoms with Crippen LogP contribution in [-0.2, 0) is 24.4 Å². The summed E-state index contributed by atoms with van der Waals surface area (Å²) in [7, 11) is 0. The van der Waals surface area contributed by atoms with Crippen molar-refractivity contribution >= 4 is 5.97 Å². The monoisotopic (exact) mass is 281 g/mol. The molecule has 2 aromatic carbocycles. The highest BCUT2D eigenvalue weighted by atomic mass is 16.5. The molecular weight excluding hydrogens is 262 g/mol. The third-order valence-corrected chi connectivity index (χ3v) is 3.75. The summed E-state index contributed by atoms with van der Waals surface area (Å²) in [6.45, 7) is 5.00. The highest BCUT2D eigenvalue weighted by molar-refractivity contribution is 5.89. The summed E-state index contributed by atoms with van der Waals surface area (Å²) in [5.74, 6) is -0.234. The SMILES string of the molecule is CCOC(=O)c1ccc2c(c1)CN(Cc1ccccc1)C2. The van der Waals surface area contributed by atoms with Crippen LogP contribution in [0.4, 0.5) is 0 Å². The van der Waals surface area contributed by atoms with Gasteiger partial charge < -0.3 is 4.74 Å². The molecule has 0 spiro atoms. The van der Waals surface area contributed by atoms with Gasteiger partial charge in [0.25, 0.3) is 0 Å². The maximum atomic E-state index is 11.8. The maximum absolute atomic E-state index is 11.8. The molecule has 0 amide bonds. The van der Waals surface area contributed by atoms with Crippen molar-refractivity contribution in [3.05, 3.63) is 70.8 Å². The second kappa shape index (κ2) is 6.10. The quantitative estimate of drug-likeness (QED) is 0.805. The van der Waals surface area contributed by atoms with Gasteiger partial charge in [0.05, 0.1) is 12.2 Å². The van der Waals surface area contributed by atoms with E-state index in [2.05, 4.69) is 29.2 Å². The van der Waals surface area contributed by atoms with Crippen LogP contribution in [0.3, 0.4) is 0 Å². The van der Waals surface area contributed by atoms with E-state index in [1.165, 1.54) is 16.7 Å². The van der Waals surface area contributed by atoms with Crippen molar-refractivity contribution in [3.8, 4) is 0 Å². The summed E-state index contributed by atoms with van der Waals surface area (Å²) in [4.78, 5) is 14.2. The molecular formula is C18H19NO2. The fraction of sp³-hybridized carbons (Fsp3) is 0.278. The summed E-state index contributed by atoms with van der Waals surface area (Å²) in [6.07, 6.45) is 0. The molecule has 1 aliphatic rings. The molecule has 3 heteroatoms. The van der Waals surface area contributed by atoms with E-state index in [1.54, 1.807) is 0 Å². The maximum Gasteiger partial charge on any atom is 0.338 e. The molecule has 0 atom stereocenters. The lowest BCUT2D eigenvalue weighted by molar-refractivity contribution is 0.0526. The largest absolute Gasteiger partial charge is 0.462 e. The van der Waals surface area contributed by atoms with Gasteiger partial charge in [0, 0.05) is 19.6 Å². The summed E-state index contributed by atoms with van der Waals surface area (Å²) in [5.41, 5.74) is 4.50. The fourth-order valence-corrected chi connectivity index (χ4v) is 2.76. The van der Waals surface area contributed by atoms with Crippen molar-refractivity contribution in [2.45, 2.75) is 26.6 Å². The van der Waals surface area contributed by atoms with Gasteiger partial charge in [-0.1, -0.05) is 36.4 Å². The number of esters is 1. The predicted molar refractivity (Wildman–Crippen MR) is 81.8 cm³/mol.